The fourth-order valence-corrected chi connectivity index (χ4v) is 0.765. The zero-order chi connectivity index (χ0) is 9.14. The van der Waals surface area contributed by atoms with Gasteiger partial charge < -0.3 is 15.2 Å². The van der Waals surface area contributed by atoms with Crippen LogP contribution in [-0.2, 0) is 11.2 Å². The lowest BCUT2D eigenvalue weighted by Gasteiger charge is -1.89. The first-order chi connectivity index (χ1) is 5.59. The van der Waals surface area contributed by atoms with Crippen molar-refractivity contribution in [2.75, 3.05) is 0 Å². The minimum Gasteiger partial charge on any atom is -0.481 e. The Morgan fingerprint density at radius 2 is 2.17 bits per heavy atom. The quantitative estimate of drug-likeness (QED) is 0.598. The molecule has 0 aliphatic heterocycles. The van der Waals surface area contributed by atoms with Crippen molar-refractivity contribution in [2.45, 2.75) is 6.42 Å². The zero-order valence-electron chi connectivity index (χ0n) is 6.00. The minimum absolute atomic E-state index is 0.119. The van der Waals surface area contributed by atoms with Crippen LogP contribution in [0, 0.1) is 6.07 Å². The van der Waals surface area contributed by atoms with Gasteiger partial charge in [-0.3, -0.25) is 4.79 Å². The van der Waals surface area contributed by atoms with Crippen molar-refractivity contribution in [3.05, 3.63) is 23.5 Å². The number of aromatic carboxylic acids is 1. The van der Waals surface area contributed by atoms with Gasteiger partial charge in [0.1, 0.15) is 5.69 Å². The summed E-state index contributed by atoms with van der Waals surface area (Å²) >= 11 is 0. The van der Waals surface area contributed by atoms with E-state index in [1.807, 2.05) is 0 Å². The molecule has 1 aromatic heterocycles. The van der Waals surface area contributed by atoms with Crippen LogP contribution in [0.5, 0.6) is 0 Å². The maximum Gasteiger partial charge on any atom is 0.352 e. The number of H-pyrrole nitrogens is 1. The van der Waals surface area contributed by atoms with E-state index in [1.165, 1.54) is 6.07 Å². The molecular weight excluding hydrogens is 162 g/mol. The first kappa shape index (κ1) is 8.32. The Morgan fingerprint density at radius 1 is 1.50 bits per heavy atom. The van der Waals surface area contributed by atoms with Gasteiger partial charge in [-0.1, -0.05) is 0 Å². The summed E-state index contributed by atoms with van der Waals surface area (Å²) in [4.78, 5) is 22.9. The minimum atomic E-state index is -1.15. The third-order valence-corrected chi connectivity index (χ3v) is 1.23. The van der Waals surface area contributed by atoms with Crippen LogP contribution in [0.1, 0.15) is 16.2 Å². The van der Waals surface area contributed by atoms with Crippen LogP contribution in [0.4, 0.5) is 0 Å². The Morgan fingerprint density at radius 3 is 2.58 bits per heavy atom. The van der Waals surface area contributed by atoms with Crippen molar-refractivity contribution in [1.82, 2.24) is 4.98 Å². The molecular formula is C7H6NO4. The summed E-state index contributed by atoms with van der Waals surface area (Å²) in [5, 5.41) is 16.8. The lowest BCUT2D eigenvalue weighted by Crippen LogP contribution is -2.02. The van der Waals surface area contributed by atoms with Gasteiger partial charge in [0.15, 0.2) is 0 Å². The van der Waals surface area contributed by atoms with Crippen LogP contribution >= 0.6 is 0 Å². The van der Waals surface area contributed by atoms with Gasteiger partial charge in [0.25, 0.3) is 0 Å². The number of aromatic amines is 1. The van der Waals surface area contributed by atoms with Crippen LogP contribution in [-0.4, -0.2) is 27.1 Å². The maximum atomic E-state index is 10.3. The average molecular weight is 168 g/mol. The molecule has 0 atom stereocenters. The van der Waals surface area contributed by atoms with Crippen LogP contribution in [0.15, 0.2) is 6.07 Å². The van der Waals surface area contributed by atoms with E-state index in [0.717, 1.165) is 0 Å². The smallest absolute Gasteiger partial charge is 0.352 e. The molecule has 0 aliphatic carbocycles. The summed E-state index contributed by atoms with van der Waals surface area (Å²) in [6, 6.07) is 3.71. The van der Waals surface area contributed by atoms with Gasteiger partial charge in [-0.05, 0) is 6.07 Å². The van der Waals surface area contributed by atoms with Crippen LogP contribution < -0.4 is 0 Å². The standard InChI is InChI=1S/C7H6NO4/c9-6(10)3-4-1-2-5(8-4)7(11)12/h1,8H,3H2,(H,9,10)(H,11,12). The SMILES string of the molecule is O=C(O)Cc1c[c]c(C(=O)O)[nH]1. The lowest BCUT2D eigenvalue weighted by atomic mass is 10.3. The molecule has 5 nitrogen and oxygen atoms in total. The van der Waals surface area contributed by atoms with Crippen molar-refractivity contribution in [2.24, 2.45) is 0 Å². The molecule has 0 amide bonds. The molecule has 0 aromatic carbocycles. The normalized spacial score (nSPS) is 9.67. The number of hydrogen-bond acceptors (Lipinski definition) is 2. The molecule has 3 N–H and O–H groups in total. The number of aliphatic carboxylic acids is 1. The van der Waals surface area contributed by atoms with Crippen molar-refractivity contribution in [3.63, 3.8) is 0 Å². The summed E-state index contributed by atoms with van der Waals surface area (Å²) in [6.45, 7) is 0. The van der Waals surface area contributed by atoms with Gasteiger partial charge in [-0.15, -0.1) is 0 Å². The van der Waals surface area contributed by atoms with Gasteiger partial charge in [0.05, 0.1) is 6.42 Å². The molecule has 0 fully saturated rings. The van der Waals surface area contributed by atoms with Gasteiger partial charge in [-0.25, -0.2) is 4.79 Å². The summed E-state index contributed by atoms with van der Waals surface area (Å²) in [5.41, 5.74) is 0.214. The molecule has 0 saturated carbocycles. The molecule has 0 aliphatic rings. The van der Waals surface area contributed by atoms with E-state index in [2.05, 4.69) is 11.1 Å². The van der Waals surface area contributed by atoms with E-state index in [0.29, 0.717) is 5.69 Å². The van der Waals surface area contributed by atoms with Gasteiger partial charge in [0, 0.05) is 11.8 Å². The zero-order valence-corrected chi connectivity index (χ0v) is 6.00. The number of carbonyl (C=O) groups is 2. The van der Waals surface area contributed by atoms with E-state index < -0.39 is 11.9 Å². The number of hydrogen-bond donors (Lipinski definition) is 3. The first-order valence-electron chi connectivity index (χ1n) is 3.14. The van der Waals surface area contributed by atoms with E-state index >= 15 is 0 Å². The molecule has 0 unspecified atom stereocenters. The van der Waals surface area contributed by atoms with Crippen LogP contribution in [0.3, 0.4) is 0 Å². The van der Waals surface area contributed by atoms with E-state index in [9.17, 15) is 9.59 Å². The van der Waals surface area contributed by atoms with Crippen molar-refractivity contribution >= 4 is 11.9 Å². The van der Waals surface area contributed by atoms with Gasteiger partial charge >= 0.3 is 11.9 Å². The molecule has 12 heavy (non-hydrogen) atoms. The first-order valence-corrected chi connectivity index (χ1v) is 3.14. The third-order valence-electron chi connectivity index (χ3n) is 1.23. The van der Waals surface area contributed by atoms with E-state index in [-0.39, 0.29) is 12.1 Å². The second-order valence-corrected chi connectivity index (χ2v) is 2.19. The summed E-state index contributed by atoms with van der Waals surface area (Å²) in [7, 11) is 0. The summed E-state index contributed by atoms with van der Waals surface area (Å²) < 4.78 is 0. The average Bonchev–Trinajstić information content (AvgIpc) is 2.34. The summed E-state index contributed by atoms with van der Waals surface area (Å²) in [5.74, 6) is -2.16. The van der Waals surface area contributed by atoms with Crippen LogP contribution in [0.25, 0.3) is 0 Å². The Balaban J connectivity index is 2.77. The van der Waals surface area contributed by atoms with Crippen molar-refractivity contribution in [3.8, 4) is 0 Å². The lowest BCUT2D eigenvalue weighted by molar-refractivity contribution is -0.136. The summed E-state index contributed by atoms with van der Waals surface area (Å²) in [6.07, 6.45) is -0.218. The van der Waals surface area contributed by atoms with Crippen LogP contribution in [0.2, 0.25) is 0 Å². The van der Waals surface area contributed by atoms with Gasteiger partial charge in [0.2, 0.25) is 0 Å². The monoisotopic (exact) mass is 168 g/mol. The predicted molar refractivity (Wildman–Crippen MR) is 37.9 cm³/mol. The number of carboxylic acid groups (broad SMARTS) is 2. The fraction of sp³-hybridized carbons (Fsp3) is 0.143. The molecule has 0 saturated heterocycles. The Labute approximate surface area is 67.6 Å². The Bertz CT molecular complexity index is 315. The second kappa shape index (κ2) is 3.08. The highest BCUT2D eigenvalue weighted by molar-refractivity contribution is 5.85. The Hall–Kier alpha value is -1.78. The number of aromatic nitrogens is 1. The highest BCUT2D eigenvalue weighted by atomic mass is 16.4. The van der Waals surface area contributed by atoms with Gasteiger partial charge in [-0.2, -0.15) is 0 Å². The fourth-order valence-electron chi connectivity index (χ4n) is 0.765. The number of nitrogens with one attached hydrogen (secondary N) is 1. The Kier molecular flexibility index (Phi) is 2.14. The topological polar surface area (TPSA) is 90.4 Å². The molecule has 0 spiro atoms. The molecule has 1 radical (unpaired) electrons. The van der Waals surface area contributed by atoms with E-state index in [4.69, 9.17) is 10.2 Å². The molecule has 5 heteroatoms. The molecule has 63 valence electrons. The highest BCUT2D eigenvalue weighted by Crippen LogP contribution is 2.01. The molecule has 1 heterocycles. The number of rotatable bonds is 3. The van der Waals surface area contributed by atoms with Crippen molar-refractivity contribution < 1.29 is 19.8 Å². The number of carboxylic acids is 2. The largest absolute Gasteiger partial charge is 0.481 e. The predicted octanol–water partition coefficient (Wildman–Crippen LogP) is 0.140. The molecule has 1 aromatic rings. The third kappa shape index (κ3) is 1.85. The maximum absolute atomic E-state index is 10.3. The second-order valence-electron chi connectivity index (χ2n) is 2.19. The molecule has 0 bridgehead atoms. The van der Waals surface area contributed by atoms with Crippen molar-refractivity contribution in [1.29, 1.82) is 0 Å². The highest BCUT2D eigenvalue weighted by Gasteiger charge is 2.07. The molecule has 1 rings (SSSR count). The van der Waals surface area contributed by atoms with E-state index in [1.54, 1.807) is 0 Å².